The Morgan fingerprint density at radius 3 is 2.85 bits per heavy atom. The maximum absolute atomic E-state index is 10.8. The number of rotatable bonds is 6. The molecule has 0 atom stereocenters. The van der Waals surface area contributed by atoms with Crippen LogP contribution in [-0.4, -0.2) is 12.6 Å². The second kappa shape index (κ2) is 8.79. The van der Waals surface area contributed by atoms with Gasteiger partial charge in [0.05, 0.1) is 12.7 Å². The highest BCUT2D eigenvalue weighted by molar-refractivity contribution is 5.82. The third-order valence-electron chi connectivity index (χ3n) is 1.54. The Balaban J connectivity index is 3.28. The lowest BCUT2D eigenvalue weighted by Gasteiger charge is -2.00. The number of nitrogens with zero attached hydrogens (tertiary/aromatic N) is 1. The van der Waals surface area contributed by atoms with E-state index in [2.05, 4.69) is 6.92 Å². The lowest BCUT2D eigenvalue weighted by molar-refractivity contribution is -0.137. The fraction of sp³-hybridized carbons (Fsp3) is 0.600. The monoisotopic (exact) mass is 181 g/mol. The Bertz CT molecular complexity index is 203. The van der Waals surface area contributed by atoms with Gasteiger partial charge in [0.2, 0.25) is 0 Å². The summed E-state index contributed by atoms with van der Waals surface area (Å²) in [5.74, 6) is -0.432. The van der Waals surface area contributed by atoms with E-state index in [0.29, 0.717) is 6.61 Å². The average molecular weight is 181 g/mol. The Hall–Kier alpha value is -1.30. The smallest absolute Gasteiger partial charge is 0.331 e. The molecule has 3 nitrogen and oxygen atoms in total. The van der Waals surface area contributed by atoms with Crippen LogP contribution in [0.25, 0.3) is 0 Å². The molecule has 0 aliphatic carbocycles. The molecule has 0 heterocycles. The van der Waals surface area contributed by atoms with E-state index in [1.165, 1.54) is 12.8 Å². The van der Waals surface area contributed by atoms with E-state index in [0.717, 1.165) is 25.0 Å². The van der Waals surface area contributed by atoms with Crippen molar-refractivity contribution >= 4 is 5.97 Å². The first-order valence-electron chi connectivity index (χ1n) is 4.54. The fourth-order valence-electron chi connectivity index (χ4n) is 0.855. The summed E-state index contributed by atoms with van der Waals surface area (Å²) < 4.78 is 4.81. The minimum absolute atomic E-state index is 0.432. The Morgan fingerprint density at radius 2 is 2.23 bits per heavy atom. The largest absolute Gasteiger partial charge is 0.463 e. The molecule has 0 aromatic rings. The van der Waals surface area contributed by atoms with Crippen LogP contribution in [0.5, 0.6) is 0 Å². The van der Waals surface area contributed by atoms with Gasteiger partial charge in [0.25, 0.3) is 0 Å². The molecule has 0 aromatic heterocycles. The molecule has 0 saturated heterocycles. The third kappa shape index (κ3) is 8.61. The van der Waals surface area contributed by atoms with Crippen LogP contribution in [0, 0.1) is 11.3 Å². The summed E-state index contributed by atoms with van der Waals surface area (Å²) in [5.41, 5.74) is 0. The number of hydrogen-bond acceptors (Lipinski definition) is 3. The van der Waals surface area contributed by atoms with E-state index < -0.39 is 5.97 Å². The van der Waals surface area contributed by atoms with Crippen molar-refractivity contribution in [2.75, 3.05) is 6.61 Å². The second-order valence-corrected chi connectivity index (χ2v) is 2.69. The molecule has 0 fully saturated rings. The first kappa shape index (κ1) is 11.7. The average Bonchev–Trinajstić information content (AvgIpc) is 2.14. The molecule has 0 saturated carbocycles. The van der Waals surface area contributed by atoms with Gasteiger partial charge < -0.3 is 4.74 Å². The van der Waals surface area contributed by atoms with Crippen molar-refractivity contribution in [1.29, 1.82) is 5.26 Å². The number of carbonyl (C=O) groups is 1. The normalized spacial score (nSPS) is 9.85. The molecule has 0 N–H and O–H groups in total. The summed E-state index contributed by atoms with van der Waals surface area (Å²) >= 11 is 0. The van der Waals surface area contributed by atoms with Crippen molar-refractivity contribution in [2.45, 2.75) is 32.6 Å². The summed E-state index contributed by atoms with van der Waals surface area (Å²) in [4.78, 5) is 10.8. The maximum Gasteiger partial charge on any atom is 0.331 e. The van der Waals surface area contributed by atoms with Crippen LogP contribution in [0.2, 0.25) is 0 Å². The molecule has 13 heavy (non-hydrogen) atoms. The number of unbranched alkanes of at least 4 members (excludes halogenated alkanes) is 3. The zero-order chi connectivity index (χ0) is 9.94. The van der Waals surface area contributed by atoms with Gasteiger partial charge in [0.1, 0.15) is 0 Å². The highest BCUT2D eigenvalue weighted by atomic mass is 16.5. The third-order valence-corrected chi connectivity index (χ3v) is 1.54. The molecule has 0 amide bonds. The SMILES string of the molecule is CCCCCCOC(=O)C=CC#N. The van der Waals surface area contributed by atoms with Gasteiger partial charge in [-0.15, -0.1) is 0 Å². The van der Waals surface area contributed by atoms with Gasteiger partial charge in [-0.25, -0.2) is 4.79 Å². The van der Waals surface area contributed by atoms with E-state index in [-0.39, 0.29) is 0 Å². The van der Waals surface area contributed by atoms with Crippen molar-refractivity contribution in [2.24, 2.45) is 0 Å². The van der Waals surface area contributed by atoms with Crippen molar-refractivity contribution in [3.05, 3.63) is 12.2 Å². The molecule has 0 aliphatic rings. The number of carbonyl (C=O) groups excluding carboxylic acids is 1. The molecule has 72 valence electrons. The van der Waals surface area contributed by atoms with E-state index in [9.17, 15) is 4.79 Å². The molecule has 0 aliphatic heterocycles. The van der Waals surface area contributed by atoms with Crippen LogP contribution in [0.15, 0.2) is 12.2 Å². The summed E-state index contributed by atoms with van der Waals surface area (Å²) in [6.45, 7) is 2.58. The van der Waals surface area contributed by atoms with Crippen molar-refractivity contribution < 1.29 is 9.53 Å². The van der Waals surface area contributed by atoms with Gasteiger partial charge in [-0.05, 0) is 6.42 Å². The van der Waals surface area contributed by atoms with Gasteiger partial charge in [0, 0.05) is 12.2 Å². The van der Waals surface area contributed by atoms with Gasteiger partial charge in [-0.3, -0.25) is 0 Å². The summed E-state index contributed by atoms with van der Waals surface area (Å²) in [5, 5.41) is 8.11. The zero-order valence-corrected chi connectivity index (χ0v) is 7.95. The van der Waals surface area contributed by atoms with Gasteiger partial charge in [-0.1, -0.05) is 26.2 Å². The number of ether oxygens (including phenoxy) is 1. The maximum atomic E-state index is 10.8. The summed E-state index contributed by atoms with van der Waals surface area (Å²) in [6.07, 6.45) is 6.59. The van der Waals surface area contributed by atoms with E-state index in [1.54, 1.807) is 6.07 Å². The Labute approximate surface area is 79.0 Å². The summed E-state index contributed by atoms with van der Waals surface area (Å²) in [7, 11) is 0. The fourth-order valence-corrected chi connectivity index (χ4v) is 0.855. The Kier molecular flexibility index (Phi) is 7.91. The second-order valence-electron chi connectivity index (χ2n) is 2.69. The highest BCUT2D eigenvalue weighted by Crippen LogP contribution is 1.98. The molecule has 0 unspecified atom stereocenters. The zero-order valence-electron chi connectivity index (χ0n) is 7.95. The number of allylic oxidation sites excluding steroid dienone is 1. The topological polar surface area (TPSA) is 50.1 Å². The van der Waals surface area contributed by atoms with Crippen molar-refractivity contribution in [3.63, 3.8) is 0 Å². The molecule has 3 heteroatoms. The van der Waals surface area contributed by atoms with Crippen LogP contribution in [0.4, 0.5) is 0 Å². The van der Waals surface area contributed by atoms with Crippen LogP contribution in [0.1, 0.15) is 32.6 Å². The van der Waals surface area contributed by atoms with Crippen LogP contribution < -0.4 is 0 Å². The Morgan fingerprint density at radius 1 is 1.46 bits per heavy atom. The van der Waals surface area contributed by atoms with Crippen molar-refractivity contribution in [3.8, 4) is 6.07 Å². The van der Waals surface area contributed by atoms with Gasteiger partial charge >= 0.3 is 5.97 Å². The van der Waals surface area contributed by atoms with Crippen LogP contribution in [0.3, 0.4) is 0 Å². The molecule has 0 bridgehead atoms. The lowest BCUT2D eigenvalue weighted by atomic mass is 10.2. The summed E-state index contributed by atoms with van der Waals surface area (Å²) in [6, 6.07) is 1.73. The van der Waals surface area contributed by atoms with Crippen LogP contribution in [-0.2, 0) is 9.53 Å². The highest BCUT2D eigenvalue weighted by Gasteiger charge is 1.95. The molecular weight excluding hydrogens is 166 g/mol. The minimum atomic E-state index is -0.432. The standard InChI is InChI=1S/C10H15NO2/c1-2-3-4-5-9-13-10(12)7-6-8-11/h6-7H,2-5,9H2,1H3. The first-order chi connectivity index (χ1) is 6.31. The van der Waals surface area contributed by atoms with E-state index in [1.807, 2.05) is 0 Å². The molecule has 0 radical (unpaired) electrons. The van der Waals surface area contributed by atoms with Crippen molar-refractivity contribution in [1.82, 2.24) is 0 Å². The van der Waals surface area contributed by atoms with E-state index in [4.69, 9.17) is 10.00 Å². The predicted octanol–water partition coefficient (Wildman–Crippen LogP) is 2.19. The van der Waals surface area contributed by atoms with E-state index >= 15 is 0 Å². The number of hydrogen-bond donors (Lipinski definition) is 0. The lowest BCUT2D eigenvalue weighted by Crippen LogP contribution is -2.01. The molecule has 0 aromatic carbocycles. The quantitative estimate of drug-likeness (QED) is 0.273. The van der Waals surface area contributed by atoms with Crippen LogP contribution >= 0.6 is 0 Å². The predicted molar refractivity (Wildman–Crippen MR) is 49.9 cm³/mol. The number of esters is 1. The minimum Gasteiger partial charge on any atom is -0.463 e. The van der Waals surface area contributed by atoms with Gasteiger partial charge in [0.15, 0.2) is 0 Å². The van der Waals surface area contributed by atoms with Gasteiger partial charge in [-0.2, -0.15) is 5.26 Å². The number of nitriles is 1. The molecule has 0 spiro atoms. The molecular formula is C10H15NO2. The molecule has 0 rings (SSSR count). The first-order valence-corrected chi connectivity index (χ1v) is 4.54.